The molecular weight excluding hydrogens is 400 g/mol. The third kappa shape index (κ3) is 3.77. The van der Waals surface area contributed by atoms with Crippen LogP contribution in [0.5, 0.6) is 5.75 Å². The van der Waals surface area contributed by atoms with Crippen LogP contribution >= 0.6 is 11.6 Å². The highest BCUT2D eigenvalue weighted by atomic mass is 35.5. The summed E-state index contributed by atoms with van der Waals surface area (Å²) in [5.41, 5.74) is 3.65. The number of aliphatic imine (C=N–C) groups is 1. The number of allylic oxidation sites excluding steroid dienone is 2. The molecular formula is C24H23ClN2O3. The van der Waals surface area contributed by atoms with Gasteiger partial charge in [0.05, 0.1) is 18.7 Å². The van der Waals surface area contributed by atoms with Crippen LogP contribution in [0.25, 0.3) is 0 Å². The molecule has 0 bridgehead atoms. The first-order valence-corrected chi connectivity index (χ1v) is 10.4. The minimum Gasteiger partial charge on any atom is -0.495 e. The molecule has 154 valence electrons. The number of halogens is 1. The molecule has 1 unspecified atom stereocenters. The zero-order valence-corrected chi connectivity index (χ0v) is 17.7. The lowest BCUT2D eigenvalue weighted by atomic mass is 9.71. The van der Waals surface area contributed by atoms with Gasteiger partial charge in [-0.25, -0.2) is 0 Å². The molecule has 2 atom stereocenters. The van der Waals surface area contributed by atoms with Gasteiger partial charge in [0.15, 0.2) is 5.78 Å². The van der Waals surface area contributed by atoms with Crippen LogP contribution in [0.1, 0.15) is 37.7 Å². The minimum atomic E-state index is -0.600. The summed E-state index contributed by atoms with van der Waals surface area (Å²) in [6, 6.07) is 14.6. The van der Waals surface area contributed by atoms with E-state index in [1.807, 2.05) is 31.2 Å². The van der Waals surface area contributed by atoms with Crippen molar-refractivity contribution in [2.24, 2.45) is 10.9 Å². The quantitative estimate of drug-likeness (QED) is 0.739. The van der Waals surface area contributed by atoms with Crippen LogP contribution in [0.4, 0.5) is 5.69 Å². The highest BCUT2D eigenvalue weighted by Crippen LogP contribution is 2.44. The Morgan fingerprint density at radius 3 is 2.60 bits per heavy atom. The van der Waals surface area contributed by atoms with E-state index in [1.54, 1.807) is 31.4 Å². The second-order valence-corrected chi connectivity index (χ2v) is 8.02. The van der Waals surface area contributed by atoms with Crippen molar-refractivity contribution in [3.63, 3.8) is 0 Å². The number of para-hydroxylation sites is 2. The molecule has 1 aliphatic heterocycles. The van der Waals surface area contributed by atoms with E-state index in [-0.39, 0.29) is 11.7 Å². The number of hydrogen-bond acceptors (Lipinski definition) is 4. The summed E-state index contributed by atoms with van der Waals surface area (Å²) >= 11 is 6.09. The summed E-state index contributed by atoms with van der Waals surface area (Å²) in [4.78, 5) is 31.1. The maximum atomic E-state index is 13.5. The van der Waals surface area contributed by atoms with Crippen LogP contribution in [-0.4, -0.2) is 24.5 Å². The number of methoxy groups -OCH3 is 1. The molecule has 6 heteroatoms. The molecule has 1 amide bonds. The zero-order chi connectivity index (χ0) is 21.3. The second-order valence-electron chi connectivity index (χ2n) is 7.59. The zero-order valence-electron chi connectivity index (χ0n) is 16.9. The van der Waals surface area contributed by atoms with Crippen LogP contribution in [0.15, 0.2) is 64.8 Å². The number of amides is 1. The number of hydrogen-bond donors (Lipinski definition) is 1. The van der Waals surface area contributed by atoms with Crippen LogP contribution in [0, 0.1) is 5.92 Å². The van der Waals surface area contributed by atoms with Gasteiger partial charge in [0.2, 0.25) is 5.91 Å². The average Bonchev–Trinajstić information content (AvgIpc) is 2.74. The SMILES string of the molecule is COc1ccccc1NC(=O)C1C(C)=NC2=C(C(=O)CCC2)[C@H]1c1ccc(Cl)cc1. The van der Waals surface area contributed by atoms with Gasteiger partial charge in [-0.15, -0.1) is 0 Å². The van der Waals surface area contributed by atoms with E-state index in [1.165, 1.54) is 0 Å². The van der Waals surface area contributed by atoms with Crippen molar-refractivity contribution in [1.29, 1.82) is 0 Å². The third-order valence-electron chi connectivity index (χ3n) is 5.71. The van der Waals surface area contributed by atoms with Gasteiger partial charge in [-0.3, -0.25) is 14.6 Å². The number of ketones is 1. The third-order valence-corrected chi connectivity index (χ3v) is 5.96. The van der Waals surface area contributed by atoms with Crippen molar-refractivity contribution in [2.45, 2.75) is 32.1 Å². The molecule has 4 rings (SSSR count). The molecule has 5 nitrogen and oxygen atoms in total. The predicted octanol–water partition coefficient (Wildman–Crippen LogP) is 5.17. The normalized spacial score (nSPS) is 21.0. The Morgan fingerprint density at radius 2 is 1.87 bits per heavy atom. The molecule has 1 heterocycles. The van der Waals surface area contributed by atoms with Gasteiger partial charge in [0, 0.05) is 34.3 Å². The molecule has 2 aromatic rings. The Kier molecular flexibility index (Phi) is 5.73. The summed E-state index contributed by atoms with van der Waals surface area (Å²) in [5, 5.41) is 3.59. The molecule has 0 saturated carbocycles. The van der Waals surface area contributed by atoms with Crippen molar-refractivity contribution in [1.82, 2.24) is 0 Å². The molecule has 0 radical (unpaired) electrons. The lowest BCUT2D eigenvalue weighted by molar-refractivity contribution is -0.119. The first-order valence-electron chi connectivity index (χ1n) is 10.0. The maximum absolute atomic E-state index is 13.5. The minimum absolute atomic E-state index is 0.0718. The average molecular weight is 423 g/mol. The number of ether oxygens (including phenoxy) is 1. The number of carbonyl (C=O) groups excluding carboxylic acids is 2. The molecule has 0 aromatic heterocycles. The number of benzene rings is 2. The fourth-order valence-corrected chi connectivity index (χ4v) is 4.46. The fourth-order valence-electron chi connectivity index (χ4n) is 4.33. The predicted molar refractivity (Wildman–Crippen MR) is 118 cm³/mol. The molecule has 2 aromatic carbocycles. The van der Waals surface area contributed by atoms with Crippen molar-refractivity contribution in [3.05, 3.63) is 70.4 Å². The monoisotopic (exact) mass is 422 g/mol. The molecule has 30 heavy (non-hydrogen) atoms. The molecule has 0 spiro atoms. The Balaban J connectivity index is 1.77. The van der Waals surface area contributed by atoms with Crippen LogP contribution in [-0.2, 0) is 9.59 Å². The van der Waals surface area contributed by atoms with E-state index in [9.17, 15) is 9.59 Å². The largest absolute Gasteiger partial charge is 0.495 e. The summed E-state index contributed by atoms with van der Waals surface area (Å²) < 4.78 is 5.36. The molecule has 2 aliphatic rings. The molecule has 1 aliphatic carbocycles. The van der Waals surface area contributed by atoms with E-state index >= 15 is 0 Å². The number of nitrogens with zero attached hydrogens (tertiary/aromatic N) is 1. The maximum Gasteiger partial charge on any atom is 0.234 e. The van der Waals surface area contributed by atoms with Gasteiger partial charge in [0.25, 0.3) is 0 Å². The van der Waals surface area contributed by atoms with E-state index in [0.717, 1.165) is 24.1 Å². The second kappa shape index (κ2) is 8.44. The lowest BCUT2D eigenvalue weighted by Gasteiger charge is -2.35. The van der Waals surface area contributed by atoms with E-state index in [4.69, 9.17) is 21.3 Å². The smallest absolute Gasteiger partial charge is 0.234 e. The van der Waals surface area contributed by atoms with Gasteiger partial charge in [-0.2, -0.15) is 0 Å². The summed E-state index contributed by atoms with van der Waals surface area (Å²) in [7, 11) is 1.56. The fraction of sp³-hybridized carbons (Fsp3) is 0.292. The molecule has 0 saturated heterocycles. The van der Waals surface area contributed by atoms with E-state index < -0.39 is 11.8 Å². The lowest BCUT2D eigenvalue weighted by Crippen LogP contribution is -2.39. The Morgan fingerprint density at radius 1 is 1.13 bits per heavy atom. The number of carbonyl (C=O) groups is 2. The Labute approximate surface area is 180 Å². The van der Waals surface area contributed by atoms with E-state index in [2.05, 4.69) is 5.32 Å². The topological polar surface area (TPSA) is 67.8 Å². The Bertz CT molecular complexity index is 1060. The van der Waals surface area contributed by atoms with E-state index in [0.29, 0.717) is 34.2 Å². The van der Waals surface area contributed by atoms with Gasteiger partial charge in [-0.05, 0) is 49.6 Å². The number of anilines is 1. The van der Waals surface area contributed by atoms with Gasteiger partial charge in [-0.1, -0.05) is 35.9 Å². The molecule has 1 N–H and O–H groups in total. The van der Waals surface area contributed by atoms with Crippen LogP contribution < -0.4 is 10.1 Å². The van der Waals surface area contributed by atoms with Gasteiger partial charge in [0.1, 0.15) is 5.75 Å². The van der Waals surface area contributed by atoms with Crippen molar-refractivity contribution in [2.75, 3.05) is 12.4 Å². The summed E-state index contributed by atoms with van der Waals surface area (Å²) in [6.45, 7) is 1.86. The van der Waals surface area contributed by atoms with Crippen molar-refractivity contribution >= 4 is 34.7 Å². The first-order chi connectivity index (χ1) is 14.5. The summed E-state index contributed by atoms with van der Waals surface area (Å²) in [5.74, 6) is -0.560. The highest BCUT2D eigenvalue weighted by molar-refractivity contribution is 6.30. The highest BCUT2D eigenvalue weighted by Gasteiger charge is 2.42. The standard InChI is InChI=1S/C24H23ClN2O3/c1-14-21(24(29)27-17-6-3-4-9-20(17)30-2)22(15-10-12-16(25)13-11-15)23-18(26-14)7-5-8-19(23)28/h3-4,6,9-13,21-22H,5,7-8H2,1-2H3,(H,27,29)/t21?,22-/m0/s1. The van der Waals surface area contributed by atoms with Crippen molar-refractivity contribution in [3.8, 4) is 5.75 Å². The Hall–Kier alpha value is -2.92. The van der Waals surface area contributed by atoms with Gasteiger partial charge < -0.3 is 10.1 Å². The van der Waals surface area contributed by atoms with Crippen molar-refractivity contribution < 1.29 is 14.3 Å². The number of nitrogens with one attached hydrogen (secondary N) is 1. The number of Topliss-reactive ketones (excluding diaryl/α,β-unsaturated/α-hetero) is 1. The molecule has 0 fully saturated rings. The van der Waals surface area contributed by atoms with Crippen LogP contribution in [0.3, 0.4) is 0 Å². The van der Waals surface area contributed by atoms with Gasteiger partial charge >= 0.3 is 0 Å². The summed E-state index contributed by atoms with van der Waals surface area (Å²) in [6.07, 6.45) is 2.03. The van der Waals surface area contributed by atoms with Crippen LogP contribution in [0.2, 0.25) is 5.02 Å². The first kappa shape index (κ1) is 20.4. The number of rotatable bonds is 4.